The van der Waals surface area contributed by atoms with Crippen molar-refractivity contribution in [3.8, 4) is 17.2 Å². The minimum atomic E-state index is -0.539. The molecule has 44 heavy (non-hydrogen) atoms. The molecule has 0 saturated carbocycles. The Hall–Kier alpha value is -4.93. The van der Waals surface area contributed by atoms with Gasteiger partial charge in [-0.05, 0) is 72.8 Å². The van der Waals surface area contributed by atoms with Gasteiger partial charge in [0.1, 0.15) is 22.9 Å². The van der Waals surface area contributed by atoms with Crippen LogP contribution in [0.1, 0.15) is 15.9 Å². The third kappa shape index (κ3) is 8.79. The summed E-state index contributed by atoms with van der Waals surface area (Å²) in [5.41, 5.74) is 1.95. The van der Waals surface area contributed by atoms with E-state index in [0.717, 1.165) is 4.90 Å². The van der Waals surface area contributed by atoms with Gasteiger partial charge < -0.3 is 30.2 Å². The fourth-order valence-electron chi connectivity index (χ4n) is 3.98. The predicted molar refractivity (Wildman–Crippen MR) is 174 cm³/mol. The van der Waals surface area contributed by atoms with Gasteiger partial charge in [-0.25, -0.2) is 0 Å². The van der Waals surface area contributed by atoms with Crippen LogP contribution in [0.15, 0.2) is 102 Å². The number of halogens is 1. The van der Waals surface area contributed by atoms with Crippen LogP contribution in [0, 0.1) is 0 Å². The number of hydrogen-bond donors (Lipinski definition) is 3. The van der Waals surface area contributed by atoms with Crippen molar-refractivity contribution in [2.45, 2.75) is 4.90 Å². The first-order valence-corrected chi connectivity index (χ1v) is 14.6. The Morgan fingerprint density at radius 3 is 2.20 bits per heavy atom. The molecule has 9 nitrogen and oxygen atoms in total. The molecule has 4 aromatic rings. The van der Waals surface area contributed by atoms with Crippen LogP contribution < -0.4 is 30.2 Å². The topological polar surface area (TPSA) is 115 Å². The maximum absolute atomic E-state index is 13.4. The number of methoxy groups -OCH3 is 3. The Morgan fingerprint density at radius 2 is 1.52 bits per heavy atom. The van der Waals surface area contributed by atoms with E-state index < -0.39 is 11.8 Å². The Bertz CT molecular complexity index is 1660. The van der Waals surface area contributed by atoms with Crippen LogP contribution in [-0.2, 0) is 9.59 Å². The number of benzene rings is 4. The van der Waals surface area contributed by atoms with E-state index in [9.17, 15) is 14.4 Å². The fraction of sp³-hybridized carbons (Fsp3) is 0.121. The number of hydrogen-bond acceptors (Lipinski definition) is 7. The third-order valence-corrected chi connectivity index (χ3v) is 7.43. The average molecular weight is 632 g/mol. The van der Waals surface area contributed by atoms with Crippen molar-refractivity contribution in [3.05, 3.63) is 113 Å². The molecule has 0 bridgehead atoms. The molecule has 4 rings (SSSR count). The lowest BCUT2D eigenvalue weighted by Gasteiger charge is -2.13. The quantitative estimate of drug-likeness (QED) is 0.121. The lowest BCUT2D eigenvalue weighted by Crippen LogP contribution is -2.30. The monoisotopic (exact) mass is 631 g/mol. The summed E-state index contributed by atoms with van der Waals surface area (Å²) in [6, 6.07) is 25.7. The van der Waals surface area contributed by atoms with E-state index in [4.69, 9.17) is 25.8 Å². The van der Waals surface area contributed by atoms with E-state index in [-0.39, 0.29) is 17.4 Å². The Balaban J connectivity index is 1.45. The largest absolute Gasteiger partial charge is 0.497 e. The van der Waals surface area contributed by atoms with Gasteiger partial charge in [-0.2, -0.15) is 0 Å². The molecule has 3 amide bonds. The predicted octanol–water partition coefficient (Wildman–Crippen LogP) is 6.51. The summed E-state index contributed by atoms with van der Waals surface area (Å²) in [5.74, 6) is 0.476. The molecule has 226 valence electrons. The van der Waals surface area contributed by atoms with E-state index in [1.165, 1.54) is 32.1 Å². The summed E-state index contributed by atoms with van der Waals surface area (Å²) in [5, 5.41) is 8.81. The molecule has 0 aliphatic carbocycles. The number of ether oxygens (including phenoxy) is 3. The molecule has 0 aliphatic rings. The van der Waals surface area contributed by atoms with Crippen molar-refractivity contribution in [1.82, 2.24) is 5.32 Å². The number of thioether (sulfide) groups is 1. The van der Waals surface area contributed by atoms with Gasteiger partial charge >= 0.3 is 0 Å². The maximum Gasteiger partial charge on any atom is 0.272 e. The lowest BCUT2D eigenvalue weighted by molar-refractivity contribution is -0.114. The molecular weight excluding hydrogens is 602 g/mol. The van der Waals surface area contributed by atoms with Crippen molar-refractivity contribution in [2.75, 3.05) is 37.7 Å². The van der Waals surface area contributed by atoms with E-state index in [0.29, 0.717) is 44.8 Å². The third-order valence-electron chi connectivity index (χ3n) is 6.19. The normalized spacial score (nSPS) is 10.9. The molecule has 0 heterocycles. The van der Waals surface area contributed by atoms with E-state index in [1.807, 2.05) is 0 Å². The zero-order valence-corrected chi connectivity index (χ0v) is 25.8. The summed E-state index contributed by atoms with van der Waals surface area (Å²) < 4.78 is 16.0. The molecule has 0 unspecified atom stereocenters. The van der Waals surface area contributed by atoms with Gasteiger partial charge in [0.15, 0.2) is 0 Å². The second-order valence-corrected chi connectivity index (χ2v) is 10.6. The summed E-state index contributed by atoms with van der Waals surface area (Å²) in [6.07, 6.45) is 1.53. The van der Waals surface area contributed by atoms with Crippen LogP contribution in [0.2, 0.25) is 5.02 Å². The highest BCUT2D eigenvalue weighted by Gasteiger charge is 2.17. The van der Waals surface area contributed by atoms with Crippen molar-refractivity contribution < 1.29 is 28.6 Å². The van der Waals surface area contributed by atoms with Gasteiger partial charge in [0.05, 0.1) is 32.8 Å². The highest BCUT2D eigenvalue weighted by molar-refractivity contribution is 8.00. The Kier molecular flexibility index (Phi) is 11.3. The van der Waals surface area contributed by atoms with Gasteiger partial charge in [-0.3, -0.25) is 14.4 Å². The molecule has 0 aromatic heterocycles. The van der Waals surface area contributed by atoms with Crippen LogP contribution >= 0.6 is 23.4 Å². The van der Waals surface area contributed by atoms with Crippen LogP contribution in [0.3, 0.4) is 0 Å². The molecular formula is C33H30ClN3O6S. The highest BCUT2D eigenvalue weighted by atomic mass is 35.5. The first-order chi connectivity index (χ1) is 21.3. The van der Waals surface area contributed by atoms with Crippen LogP contribution in [0.25, 0.3) is 6.08 Å². The summed E-state index contributed by atoms with van der Waals surface area (Å²) in [7, 11) is 4.56. The molecule has 0 atom stereocenters. The second kappa shape index (κ2) is 15.5. The van der Waals surface area contributed by atoms with Crippen LogP contribution in [0.5, 0.6) is 17.2 Å². The van der Waals surface area contributed by atoms with Crippen LogP contribution in [0.4, 0.5) is 11.4 Å². The van der Waals surface area contributed by atoms with Gasteiger partial charge in [0.25, 0.3) is 11.8 Å². The molecule has 3 N–H and O–H groups in total. The molecule has 0 radical (unpaired) electrons. The van der Waals surface area contributed by atoms with Gasteiger partial charge in [0, 0.05) is 32.8 Å². The van der Waals surface area contributed by atoms with Gasteiger partial charge in [-0.1, -0.05) is 29.8 Å². The number of nitrogens with one attached hydrogen (secondary N) is 3. The molecule has 11 heteroatoms. The number of carbonyl (C=O) groups is 3. The smallest absolute Gasteiger partial charge is 0.272 e. The highest BCUT2D eigenvalue weighted by Crippen LogP contribution is 2.29. The Labute approximate surface area is 264 Å². The number of carbonyl (C=O) groups excluding carboxylic acids is 3. The van der Waals surface area contributed by atoms with Gasteiger partial charge in [-0.15, -0.1) is 11.8 Å². The lowest BCUT2D eigenvalue weighted by atomic mass is 10.1. The van der Waals surface area contributed by atoms with E-state index in [2.05, 4.69) is 16.0 Å². The molecule has 4 aromatic carbocycles. The van der Waals surface area contributed by atoms with Crippen LogP contribution in [-0.4, -0.2) is 44.8 Å². The SMILES string of the molecule is COc1ccc(/C=C(\NC(=O)c2ccccc2)C(=O)Nc2ccc(SCC(=O)Nc3cc(Cl)ccc3OC)cc2)c(OC)c1. The average Bonchev–Trinajstić information content (AvgIpc) is 3.04. The minimum absolute atomic E-state index is 0.00823. The zero-order chi connectivity index (χ0) is 31.5. The molecule has 0 fully saturated rings. The summed E-state index contributed by atoms with van der Waals surface area (Å²) >= 11 is 7.37. The fourth-order valence-corrected chi connectivity index (χ4v) is 4.85. The van der Waals surface area contributed by atoms with Gasteiger partial charge in [0.2, 0.25) is 5.91 Å². The van der Waals surface area contributed by atoms with E-state index in [1.54, 1.807) is 98.1 Å². The van der Waals surface area contributed by atoms with Crippen molar-refractivity contribution in [1.29, 1.82) is 0 Å². The number of rotatable bonds is 12. The van der Waals surface area contributed by atoms with Crippen molar-refractivity contribution >= 4 is 58.5 Å². The van der Waals surface area contributed by atoms with Crippen molar-refractivity contribution in [2.24, 2.45) is 0 Å². The van der Waals surface area contributed by atoms with E-state index >= 15 is 0 Å². The molecule has 0 spiro atoms. The summed E-state index contributed by atoms with van der Waals surface area (Å²) in [6.45, 7) is 0. The Morgan fingerprint density at radius 1 is 0.795 bits per heavy atom. The summed E-state index contributed by atoms with van der Waals surface area (Å²) in [4.78, 5) is 39.7. The first kappa shape index (κ1) is 32.0. The standard InChI is InChI=1S/C33H30ClN3O6S/c1-41-25-13-9-22(30(19-25)43-3)17-28(37-32(39)21-7-5-4-6-8-21)33(40)35-24-11-14-26(15-12-24)44-20-31(38)36-27-18-23(34)10-16-29(27)42-2/h4-19H,20H2,1-3H3,(H,35,40)(H,36,38)(H,37,39)/b28-17-. The molecule has 0 saturated heterocycles. The van der Waals surface area contributed by atoms with Crippen molar-refractivity contribution in [3.63, 3.8) is 0 Å². The minimum Gasteiger partial charge on any atom is -0.497 e. The number of anilines is 2. The molecule has 0 aliphatic heterocycles. The zero-order valence-electron chi connectivity index (χ0n) is 24.2. The number of amides is 3. The second-order valence-electron chi connectivity index (χ2n) is 9.15. The first-order valence-electron chi connectivity index (χ1n) is 13.3. The maximum atomic E-state index is 13.4.